The summed E-state index contributed by atoms with van der Waals surface area (Å²) in [6, 6.07) is 5.63. The summed E-state index contributed by atoms with van der Waals surface area (Å²) >= 11 is 0. The molecule has 0 aliphatic rings. The van der Waals surface area contributed by atoms with Gasteiger partial charge in [-0.1, -0.05) is 12.1 Å². The third kappa shape index (κ3) is 3.04. The van der Waals surface area contributed by atoms with Gasteiger partial charge in [-0.3, -0.25) is 4.98 Å². The number of nitrogens with zero attached hydrogens (tertiary/aromatic N) is 1. The van der Waals surface area contributed by atoms with Crippen LogP contribution in [0.3, 0.4) is 0 Å². The van der Waals surface area contributed by atoms with E-state index in [1.165, 1.54) is 25.4 Å². The lowest BCUT2D eigenvalue weighted by atomic mass is 9.93. The zero-order valence-corrected chi connectivity index (χ0v) is 11.4. The molecule has 0 amide bonds. The van der Waals surface area contributed by atoms with Crippen LogP contribution in [0.15, 0.2) is 36.7 Å². The number of alkyl halides is 3. The van der Waals surface area contributed by atoms with E-state index >= 15 is 0 Å². The monoisotopic (exact) mass is 295 g/mol. The Balaban J connectivity index is 2.81. The average Bonchev–Trinajstić information content (AvgIpc) is 2.45. The number of ether oxygens (including phenoxy) is 1. The predicted molar refractivity (Wildman–Crippen MR) is 70.8 cm³/mol. The standard InChI is InChI=1S/C15H12F3NO2/c1-9-6-11(10-4-3-5-19-8-10)13(14(20)21-2)12(7-9)15(16,17)18/h3-8H,1-2H3. The van der Waals surface area contributed by atoms with Crippen molar-refractivity contribution in [1.29, 1.82) is 0 Å². The van der Waals surface area contributed by atoms with E-state index in [2.05, 4.69) is 9.72 Å². The maximum absolute atomic E-state index is 13.2. The third-order valence-corrected chi connectivity index (χ3v) is 2.95. The second-order valence-corrected chi connectivity index (χ2v) is 4.47. The van der Waals surface area contributed by atoms with E-state index in [1.54, 1.807) is 12.1 Å². The summed E-state index contributed by atoms with van der Waals surface area (Å²) in [5.41, 5.74) is -0.528. The van der Waals surface area contributed by atoms with Crippen molar-refractivity contribution < 1.29 is 22.7 Å². The molecule has 0 spiro atoms. The molecule has 110 valence electrons. The first kappa shape index (κ1) is 15.0. The van der Waals surface area contributed by atoms with Crippen LogP contribution in [0.2, 0.25) is 0 Å². The highest BCUT2D eigenvalue weighted by molar-refractivity contribution is 5.99. The number of carbonyl (C=O) groups excluding carboxylic acids is 1. The number of hydrogen-bond acceptors (Lipinski definition) is 3. The second kappa shape index (κ2) is 5.55. The van der Waals surface area contributed by atoms with Crippen molar-refractivity contribution in [1.82, 2.24) is 4.98 Å². The predicted octanol–water partition coefficient (Wildman–Crippen LogP) is 3.86. The van der Waals surface area contributed by atoms with Gasteiger partial charge in [-0.25, -0.2) is 4.79 Å². The molecule has 0 aliphatic heterocycles. The van der Waals surface area contributed by atoms with Crippen LogP contribution in [0.25, 0.3) is 11.1 Å². The number of methoxy groups -OCH3 is 1. The van der Waals surface area contributed by atoms with E-state index in [-0.39, 0.29) is 5.56 Å². The SMILES string of the molecule is COC(=O)c1c(-c2cccnc2)cc(C)cc1C(F)(F)F. The van der Waals surface area contributed by atoms with Crippen LogP contribution in [-0.2, 0) is 10.9 Å². The molecule has 0 fully saturated rings. The van der Waals surface area contributed by atoms with Gasteiger partial charge in [-0.15, -0.1) is 0 Å². The van der Waals surface area contributed by atoms with Gasteiger partial charge in [0.1, 0.15) is 0 Å². The largest absolute Gasteiger partial charge is 0.465 e. The summed E-state index contributed by atoms with van der Waals surface area (Å²) in [5.74, 6) is -1.03. The molecular formula is C15H12F3NO2. The number of esters is 1. The summed E-state index contributed by atoms with van der Waals surface area (Å²) in [7, 11) is 1.05. The van der Waals surface area contributed by atoms with Gasteiger partial charge in [0.25, 0.3) is 0 Å². The minimum Gasteiger partial charge on any atom is -0.465 e. The molecule has 2 rings (SSSR count). The Morgan fingerprint density at radius 2 is 2.00 bits per heavy atom. The maximum atomic E-state index is 13.2. The summed E-state index contributed by atoms with van der Waals surface area (Å²) in [6.45, 7) is 1.54. The molecular weight excluding hydrogens is 283 g/mol. The molecule has 0 aliphatic carbocycles. The molecule has 6 heteroatoms. The van der Waals surface area contributed by atoms with Crippen LogP contribution in [-0.4, -0.2) is 18.1 Å². The Hall–Kier alpha value is -2.37. The molecule has 0 saturated carbocycles. The minimum atomic E-state index is -4.65. The lowest BCUT2D eigenvalue weighted by Gasteiger charge is -2.16. The molecule has 1 heterocycles. The summed E-state index contributed by atoms with van der Waals surface area (Å²) < 4.78 is 44.1. The van der Waals surface area contributed by atoms with Crippen LogP contribution in [0, 0.1) is 6.92 Å². The Morgan fingerprint density at radius 1 is 1.29 bits per heavy atom. The lowest BCUT2D eigenvalue weighted by Crippen LogP contribution is -2.16. The van der Waals surface area contributed by atoms with Crippen molar-refractivity contribution in [2.75, 3.05) is 7.11 Å². The van der Waals surface area contributed by atoms with Crippen LogP contribution in [0.4, 0.5) is 13.2 Å². The highest BCUT2D eigenvalue weighted by Crippen LogP contribution is 2.38. The van der Waals surface area contributed by atoms with Crippen molar-refractivity contribution in [2.24, 2.45) is 0 Å². The zero-order valence-electron chi connectivity index (χ0n) is 11.4. The van der Waals surface area contributed by atoms with Crippen LogP contribution in [0.5, 0.6) is 0 Å². The smallest absolute Gasteiger partial charge is 0.417 e. The van der Waals surface area contributed by atoms with Crippen molar-refractivity contribution in [3.05, 3.63) is 53.3 Å². The van der Waals surface area contributed by atoms with Gasteiger partial charge >= 0.3 is 12.1 Å². The van der Waals surface area contributed by atoms with Crippen LogP contribution >= 0.6 is 0 Å². The van der Waals surface area contributed by atoms with Crippen molar-refractivity contribution in [3.63, 3.8) is 0 Å². The fourth-order valence-corrected chi connectivity index (χ4v) is 2.08. The van der Waals surface area contributed by atoms with Gasteiger partial charge in [0.05, 0.1) is 18.2 Å². The molecule has 0 unspecified atom stereocenters. The number of aromatic nitrogens is 1. The summed E-state index contributed by atoms with van der Waals surface area (Å²) in [4.78, 5) is 15.7. The van der Waals surface area contributed by atoms with Gasteiger partial charge in [0.15, 0.2) is 0 Å². The number of rotatable bonds is 2. The number of halogens is 3. The molecule has 3 nitrogen and oxygen atoms in total. The highest BCUT2D eigenvalue weighted by atomic mass is 19.4. The van der Waals surface area contributed by atoms with Gasteiger partial charge < -0.3 is 4.74 Å². The number of aryl methyl sites for hydroxylation is 1. The van der Waals surface area contributed by atoms with Crippen LogP contribution in [0.1, 0.15) is 21.5 Å². The molecule has 0 radical (unpaired) electrons. The average molecular weight is 295 g/mol. The molecule has 21 heavy (non-hydrogen) atoms. The Kier molecular flexibility index (Phi) is 3.97. The topological polar surface area (TPSA) is 39.2 Å². The first-order chi connectivity index (χ1) is 9.84. The highest BCUT2D eigenvalue weighted by Gasteiger charge is 2.37. The van der Waals surface area contributed by atoms with Gasteiger partial charge in [0, 0.05) is 18.0 Å². The van der Waals surface area contributed by atoms with E-state index in [4.69, 9.17) is 0 Å². The fourth-order valence-electron chi connectivity index (χ4n) is 2.08. The molecule has 0 atom stereocenters. The normalized spacial score (nSPS) is 11.3. The van der Waals surface area contributed by atoms with Crippen molar-refractivity contribution >= 4 is 5.97 Å². The van der Waals surface area contributed by atoms with Gasteiger partial charge in [-0.05, 0) is 30.2 Å². The Bertz CT molecular complexity index is 667. The molecule has 0 N–H and O–H groups in total. The minimum absolute atomic E-state index is 0.155. The molecule has 2 aromatic rings. The van der Waals surface area contributed by atoms with Crippen molar-refractivity contribution in [3.8, 4) is 11.1 Å². The summed E-state index contributed by atoms with van der Waals surface area (Å²) in [6.07, 6.45) is -1.74. The fraction of sp³-hybridized carbons (Fsp3) is 0.200. The van der Waals surface area contributed by atoms with E-state index in [0.717, 1.165) is 13.2 Å². The van der Waals surface area contributed by atoms with E-state index in [0.29, 0.717) is 11.1 Å². The molecule has 0 bridgehead atoms. The third-order valence-electron chi connectivity index (χ3n) is 2.95. The first-order valence-corrected chi connectivity index (χ1v) is 6.05. The van der Waals surface area contributed by atoms with E-state index in [1.807, 2.05) is 0 Å². The van der Waals surface area contributed by atoms with Crippen molar-refractivity contribution in [2.45, 2.75) is 13.1 Å². The molecule has 1 aromatic heterocycles. The van der Waals surface area contributed by atoms with E-state index < -0.39 is 23.3 Å². The lowest BCUT2D eigenvalue weighted by molar-refractivity contribution is -0.138. The second-order valence-electron chi connectivity index (χ2n) is 4.47. The number of carbonyl (C=O) groups is 1. The Morgan fingerprint density at radius 3 is 2.52 bits per heavy atom. The Labute approximate surface area is 119 Å². The van der Waals surface area contributed by atoms with Gasteiger partial charge in [-0.2, -0.15) is 13.2 Å². The quantitative estimate of drug-likeness (QED) is 0.790. The van der Waals surface area contributed by atoms with Gasteiger partial charge in [0.2, 0.25) is 0 Å². The molecule has 1 aromatic carbocycles. The maximum Gasteiger partial charge on any atom is 0.417 e. The van der Waals surface area contributed by atoms with E-state index in [9.17, 15) is 18.0 Å². The summed E-state index contributed by atoms with van der Waals surface area (Å²) in [5, 5.41) is 0. The van der Waals surface area contributed by atoms with Crippen LogP contribution < -0.4 is 0 Å². The zero-order chi connectivity index (χ0) is 15.6. The number of hydrogen-bond donors (Lipinski definition) is 0. The number of pyridine rings is 1. The number of benzene rings is 1. The molecule has 0 saturated heterocycles. The first-order valence-electron chi connectivity index (χ1n) is 6.05.